The molecule has 0 saturated carbocycles. The molecule has 15 heavy (non-hydrogen) atoms. The zero-order valence-corrected chi connectivity index (χ0v) is 7.97. The van der Waals surface area contributed by atoms with Crippen molar-refractivity contribution in [2.45, 2.75) is 6.92 Å². The summed E-state index contributed by atoms with van der Waals surface area (Å²) in [6.45, 7) is 1.29. The van der Waals surface area contributed by atoms with Gasteiger partial charge < -0.3 is 5.11 Å². The van der Waals surface area contributed by atoms with E-state index in [1.165, 1.54) is 31.5 Å². The number of hydrogen-bond acceptors (Lipinski definition) is 4. The number of pyridine rings is 1. The molecule has 1 amide bonds. The molecule has 0 bridgehead atoms. The number of carbonyl (C=O) groups excluding carboxylic acids is 1. The number of hydrogen-bond donors (Lipinski definition) is 2. The molecule has 78 valence electrons. The lowest BCUT2D eigenvalue weighted by Crippen LogP contribution is -2.21. The Morgan fingerprint density at radius 3 is 2.53 bits per heavy atom. The number of amides is 1. The molecule has 1 aromatic heterocycles. The van der Waals surface area contributed by atoms with Crippen LogP contribution in [-0.4, -0.2) is 27.7 Å². The van der Waals surface area contributed by atoms with Crippen LogP contribution in [0, 0.1) is 0 Å². The highest BCUT2D eigenvalue weighted by Gasteiger charge is 2.05. The molecule has 0 aliphatic carbocycles. The van der Waals surface area contributed by atoms with E-state index in [0.29, 0.717) is 5.56 Å². The molecule has 1 heterocycles. The minimum atomic E-state index is -1.18. The standard InChI is InChI=1S/C9H9N3O3/c1-6(9(14)15)11-12-8(13)7-2-4-10-5-3-7/h2-5H,1H3,(H,12,13)(H,14,15)/b11-6+. The van der Waals surface area contributed by atoms with Crippen LogP contribution >= 0.6 is 0 Å². The molecule has 6 heteroatoms. The van der Waals surface area contributed by atoms with Gasteiger partial charge in [-0.05, 0) is 19.1 Å². The van der Waals surface area contributed by atoms with Gasteiger partial charge in [-0.15, -0.1) is 0 Å². The van der Waals surface area contributed by atoms with Crippen molar-refractivity contribution in [3.05, 3.63) is 30.1 Å². The summed E-state index contributed by atoms with van der Waals surface area (Å²) >= 11 is 0. The Morgan fingerprint density at radius 2 is 2.00 bits per heavy atom. The van der Waals surface area contributed by atoms with Crippen molar-refractivity contribution in [2.24, 2.45) is 5.10 Å². The van der Waals surface area contributed by atoms with E-state index in [9.17, 15) is 9.59 Å². The average molecular weight is 207 g/mol. The number of carbonyl (C=O) groups is 2. The van der Waals surface area contributed by atoms with Crippen molar-refractivity contribution in [3.8, 4) is 0 Å². The zero-order valence-electron chi connectivity index (χ0n) is 7.97. The second kappa shape index (κ2) is 4.85. The number of rotatable bonds is 3. The van der Waals surface area contributed by atoms with Gasteiger partial charge in [0.1, 0.15) is 5.71 Å². The minimum Gasteiger partial charge on any atom is -0.477 e. The lowest BCUT2D eigenvalue weighted by atomic mass is 10.3. The Labute approximate surface area is 85.6 Å². The Morgan fingerprint density at radius 1 is 1.40 bits per heavy atom. The topological polar surface area (TPSA) is 91.7 Å². The van der Waals surface area contributed by atoms with Crippen LogP contribution in [0.25, 0.3) is 0 Å². The van der Waals surface area contributed by atoms with Crippen LogP contribution in [0.3, 0.4) is 0 Å². The molecule has 0 aliphatic rings. The van der Waals surface area contributed by atoms with E-state index in [4.69, 9.17) is 5.11 Å². The molecule has 6 nitrogen and oxygen atoms in total. The fourth-order valence-corrected chi connectivity index (χ4v) is 0.750. The number of nitrogens with one attached hydrogen (secondary N) is 1. The van der Waals surface area contributed by atoms with Gasteiger partial charge in [-0.25, -0.2) is 10.2 Å². The van der Waals surface area contributed by atoms with Gasteiger partial charge in [-0.3, -0.25) is 9.78 Å². The lowest BCUT2D eigenvalue weighted by molar-refractivity contribution is -0.129. The summed E-state index contributed by atoms with van der Waals surface area (Å²) in [6, 6.07) is 3.00. The van der Waals surface area contributed by atoms with Gasteiger partial charge >= 0.3 is 5.97 Å². The number of aromatic nitrogens is 1. The molecule has 0 saturated heterocycles. The molecule has 0 spiro atoms. The first-order valence-corrected chi connectivity index (χ1v) is 4.09. The molecule has 1 aromatic rings. The normalized spacial score (nSPS) is 10.9. The maximum atomic E-state index is 11.3. The molecule has 2 N–H and O–H groups in total. The summed E-state index contributed by atoms with van der Waals surface area (Å²) in [4.78, 5) is 25.4. The Kier molecular flexibility index (Phi) is 3.50. The van der Waals surface area contributed by atoms with Crippen LogP contribution in [0.2, 0.25) is 0 Å². The van der Waals surface area contributed by atoms with Gasteiger partial charge in [0.25, 0.3) is 5.91 Å². The van der Waals surface area contributed by atoms with Crippen LogP contribution < -0.4 is 5.43 Å². The molecular formula is C9H9N3O3. The highest BCUT2D eigenvalue weighted by atomic mass is 16.4. The van der Waals surface area contributed by atoms with Crippen molar-refractivity contribution in [1.82, 2.24) is 10.4 Å². The van der Waals surface area contributed by atoms with Crippen molar-refractivity contribution in [1.29, 1.82) is 0 Å². The SMILES string of the molecule is C/C(=N\NC(=O)c1ccncc1)C(=O)O. The summed E-state index contributed by atoms with van der Waals surface area (Å²) in [5.41, 5.74) is 2.31. The number of hydrazone groups is 1. The second-order valence-corrected chi connectivity index (χ2v) is 2.68. The van der Waals surface area contributed by atoms with Gasteiger partial charge in [0.15, 0.2) is 0 Å². The van der Waals surface area contributed by atoms with Crippen molar-refractivity contribution in [3.63, 3.8) is 0 Å². The van der Waals surface area contributed by atoms with Crippen LogP contribution in [0.5, 0.6) is 0 Å². The fourth-order valence-electron chi connectivity index (χ4n) is 0.750. The highest BCUT2D eigenvalue weighted by Crippen LogP contribution is 1.95. The number of carboxylic acids is 1. The highest BCUT2D eigenvalue weighted by molar-refractivity contribution is 6.34. The van der Waals surface area contributed by atoms with Crippen molar-refractivity contribution < 1.29 is 14.7 Å². The van der Waals surface area contributed by atoms with E-state index in [0.717, 1.165) is 0 Å². The number of aliphatic carboxylic acids is 1. The second-order valence-electron chi connectivity index (χ2n) is 2.68. The van der Waals surface area contributed by atoms with E-state index in [-0.39, 0.29) is 5.71 Å². The average Bonchev–Trinajstić information content (AvgIpc) is 2.26. The predicted octanol–water partition coefficient (Wildman–Crippen LogP) is 0.272. The summed E-state index contributed by atoms with van der Waals surface area (Å²) in [5, 5.41) is 11.9. The van der Waals surface area contributed by atoms with Gasteiger partial charge in [0.05, 0.1) is 0 Å². The van der Waals surface area contributed by atoms with E-state index in [2.05, 4.69) is 15.5 Å². The Hall–Kier alpha value is -2.24. The van der Waals surface area contributed by atoms with Crippen LogP contribution in [-0.2, 0) is 4.79 Å². The smallest absolute Gasteiger partial charge is 0.351 e. The Balaban J connectivity index is 2.66. The number of carboxylic acid groups (broad SMARTS) is 1. The third-order valence-electron chi connectivity index (χ3n) is 1.58. The minimum absolute atomic E-state index is 0.183. The van der Waals surface area contributed by atoms with E-state index in [1.54, 1.807) is 0 Å². The first kappa shape index (κ1) is 10.8. The largest absolute Gasteiger partial charge is 0.477 e. The third-order valence-corrected chi connectivity index (χ3v) is 1.58. The maximum absolute atomic E-state index is 11.3. The van der Waals surface area contributed by atoms with Gasteiger partial charge in [0, 0.05) is 18.0 Å². The third kappa shape index (κ3) is 3.18. The summed E-state index contributed by atoms with van der Waals surface area (Å²) in [5.74, 6) is -1.65. The molecule has 1 rings (SSSR count). The molecule has 0 atom stereocenters. The monoisotopic (exact) mass is 207 g/mol. The summed E-state index contributed by atoms with van der Waals surface area (Å²) < 4.78 is 0. The fraction of sp³-hybridized carbons (Fsp3) is 0.111. The van der Waals surface area contributed by atoms with Crippen LogP contribution in [0.15, 0.2) is 29.6 Å². The van der Waals surface area contributed by atoms with E-state index >= 15 is 0 Å². The summed E-state index contributed by atoms with van der Waals surface area (Å²) in [6.07, 6.45) is 2.92. The zero-order chi connectivity index (χ0) is 11.3. The molecule has 0 aromatic carbocycles. The molecule has 0 radical (unpaired) electrons. The van der Waals surface area contributed by atoms with E-state index < -0.39 is 11.9 Å². The molecule has 0 fully saturated rings. The van der Waals surface area contributed by atoms with Gasteiger partial charge in [-0.1, -0.05) is 0 Å². The molecule has 0 unspecified atom stereocenters. The van der Waals surface area contributed by atoms with E-state index in [1.807, 2.05) is 0 Å². The van der Waals surface area contributed by atoms with Crippen LogP contribution in [0.4, 0.5) is 0 Å². The molecular weight excluding hydrogens is 198 g/mol. The van der Waals surface area contributed by atoms with Crippen molar-refractivity contribution in [2.75, 3.05) is 0 Å². The van der Waals surface area contributed by atoms with Gasteiger partial charge in [-0.2, -0.15) is 5.10 Å². The van der Waals surface area contributed by atoms with Crippen molar-refractivity contribution >= 4 is 17.6 Å². The first-order chi connectivity index (χ1) is 7.11. The van der Waals surface area contributed by atoms with Crippen LogP contribution in [0.1, 0.15) is 17.3 Å². The molecule has 0 aliphatic heterocycles. The first-order valence-electron chi connectivity index (χ1n) is 4.09. The Bertz CT molecular complexity index is 400. The quantitative estimate of drug-likeness (QED) is 0.549. The summed E-state index contributed by atoms with van der Waals surface area (Å²) in [7, 11) is 0. The predicted molar refractivity (Wildman–Crippen MR) is 52.4 cm³/mol. The lowest BCUT2D eigenvalue weighted by Gasteiger charge is -1.99. The maximum Gasteiger partial charge on any atom is 0.351 e. The van der Waals surface area contributed by atoms with Gasteiger partial charge in [0.2, 0.25) is 0 Å². The number of nitrogens with zero attached hydrogens (tertiary/aromatic N) is 2.